The van der Waals surface area contributed by atoms with Crippen molar-refractivity contribution < 1.29 is 13.2 Å². The predicted octanol–water partition coefficient (Wildman–Crippen LogP) is 0.368. The van der Waals surface area contributed by atoms with E-state index in [-0.39, 0.29) is 10.8 Å². The van der Waals surface area contributed by atoms with Crippen LogP contribution in [-0.2, 0) is 22.9 Å². The highest BCUT2D eigenvalue weighted by Gasteiger charge is 2.29. The van der Waals surface area contributed by atoms with E-state index in [1.165, 1.54) is 12.1 Å². The highest BCUT2D eigenvalue weighted by Crippen LogP contribution is 2.36. The molecule has 0 saturated heterocycles. The molecular formula is C16H16N6O3S. The van der Waals surface area contributed by atoms with Gasteiger partial charge in [-0.1, -0.05) is 0 Å². The summed E-state index contributed by atoms with van der Waals surface area (Å²) in [6.07, 6.45) is 3.10. The van der Waals surface area contributed by atoms with Crippen molar-refractivity contribution in [2.75, 3.05) is 7.05 Å². The molecule has 1 aliphatic rings. The van der Waals surface area contributed by atoms with Crippen LogP contribution in [-0.4, -0.2) is 41.4 Å². The van der Waals surface area contributed by atoms with Gasteiger partial charge in [0.25, 0.3) is 5.91 Å². The Labute approximate surface area is 149 Å². The number of amides is 1. The van der Waals surface area contributed by atoms with Crippen LogP contribution < -0.4 is 10.5 Å². The highest BCUT2D eigenvalue weighted by molar-refractivity contribution is 7.89. The number of carbonyl (C=O) groups is 1. The van der Waals surface area contributed by atoms with E-state index in [0.717, 1.165) is 28.9 Å². The van der Waals surface area contributed by atoms with Crippen molar-refractivity contribution in [3.8, 4) is 16.9 Å². The monoisotopic (exact) mass is 372 g/mol. The lowest BCUT2D eigenvalue weighted by Crippen LogP contribution is -2.20. The Kier molecular flexibility index (Phi) is 3.67. The van der Waals surface area contributed by atoms with Crippen LogP contribution in [0.5, 0.6) is 0 Å². The van der Waals surface area contributed by atoms with Gasteiger partial charge in [-0.05, 0) is 37.1 Å². The van der Waals surface area contributed by atoms with Crippen LogP contribution in [0.3, 0.4) is 0 Å². The van der Waals surface area contributed by atoms with Gasteiger partial charge in [0, 0.05) is 23.9 Å². The third-order valence-electron chi connectivity index (χ3n) is 4.43. The number of hydrogen-bond donors (Lipinski definition) is 3. The lowest BCUT2D eigenvalue weighted by Gasteiger charge is -2.14. The number of aromatic nitrogens is 4. The molecule has 1 aromatic carbocycles. The maximum atomic E-state index is 12.3. The van der Waals surface area contributed by atoms with E-state index in [4.69, 9.17) is 5.14 Å². The van der Waals surface area contributed by atoms with Crippen molar-refractivity contribution >= 4 is 15.9 Å². The topological polar surface area (TPSA) is 136 Å². The van der Waals surface area contributed by atoms with Gasteiger partial charge in [-0.25, -0.2) is 18.2 Å². The number of aryl methyl sites for hydroxylation is 1. The normalized spacial score (nSPS) is 13.2. The second-order valence-corrected chi connectivity index (χ2v) is 7.53. The van der Waals surface area contributed by atoms with Gasteiger partial charge in [0.15, 0.2) is 5.69 Å². The Bertz CT molecular complexity index is 1110. The first-order valence-corrected chi connectivity index (χ1v) is 9.44. The lowest BCUT2D eigenvalue weighted by molar-refractivity contribution is 0.0957. The minimum atomic E-state index is -3.78. The van der Waals surface area contributed by atoms with E-state index in [9.17, 15) is 13.2 Å². The average molecular weight is 372 g/mol. The van der Waals surface area contributed by atoms with E-state index >= 15 is 0 Å². The summed E-state index contributed by atoms with van der Waals surface area (Å²) in [5, 5.41) is 19.3. The number of aromatic amines is 1. The maximum Gasteiger partial charge on any atom is 0.271 e. The lowest BCUT2D eigenvalue weighted by atomic mass is 9.93. The molecule has 4 rings (SSSR count). The van der Waals surface area contributed by atoms with Crippen LogP contribution in [0, 0.1) is 0 Å². The fourth-order valence-corrected chi connectivity index (χ4v) is 3.70. The first kappa shape index (κ1) is 16.5. The van der Waals surface area contributed by atoms with Crippen molar-refractivity contribution in [2.45, 2.75) is 17.7 Å². The molecular weight excluding hydrogens is 356 g/mol. The molecule has 0 radical (unpaired) electrons. The molecule has 0 saturated carbocycles. The van der Waals surface area contributed by atoms with Gasteiger partial charge in [-0.3, -0.25) is 9.89 Å². The van der Waals surface area contributed by atoms with Crippen molar-refractivity contribution in [2.24, 2.45) is 5.14 Å². The van der Waals surface area contributed by atoms with Crippen LogP contribution in [0.2, 0.25) is 0 Å². The van der Waals surface area contributed by atoms with E-state index in [1.807, 2.05) is 0 Å². The quantitative estimate of drug-likeness (QED) is 0.610. The maximum absolute atomic E-state index is 12.3. The van der Waals surface area contributed by atoms with E-state index < -0.39 is 10.0 Å². The third-order valence-corrected chi connectivity index (χ3v) is 5.36. The van der Waals surface area contributed by atoms with Gasteiger partial charge in [0.1, 0.15) is 0 Å². The standard InChI is InChI=1S/C16H16N6O3S/c1-18-16(23)14-11-6-7-13-12(8-19-20-13)15(11)22(21-14)9-2-4-10(5-3-9)26(17,24)25/h2-5,8H,6-7H2,1H3,(H,18,23)(H,19,20)(H2,17,24,25). The summed E-state index contributed by atoms with van der Waals surface area (Å²) in [6, 6.07) is 6.04. The number of rotatable bonds is 3. The summed E-state index contributed by atoms with van der Waals surface area (Å²) in [5.41, 5.74) is 4.45. The summed E-state index contributed by atoms with van der Waals surface area (Å²) >= 11 is 0. The predicted molar refractivity (Wildman–Crippen MR) is 93.3 cm³/mol. The molecule has 1 aliphatic carbocycles. The molecule has 9 nitrogen and oxygen atoms in total. The molecule has 4 N–H and O–H groups in total. The SMILES string of the molecule is CNC(=O)c1nn(-c2ccc(S(N)(=O)=O)cc2)c2c1CCc1[nH]ncc1-2. The zero-order chi connectivity index (χ0) is 18.5. The number of carbonyl (C=O) groups excluding carboxylic acids is 1. The van der Waals surface area contributed by atoms with Gasteiger partial charge in [-0.2, -0.15) is 10.2 Å². The van der Waals surface area contributed by atoms with Crippen molar-refractivity contribution in [3.63, 3.8) is 0 Å². The second-order valence-electron chi connectivity index (χ2n) is 5.97. The highest BCUT2D eigenvalue weighted by atomic mass is 32.2. The van der Waals surface area contributed by atoms with Gasteiger partial charge in [-0.15, -0.1) is 0 Å². The summed E-state index contributed by atoms with van der Waals surface area (Å²) in [6.45, 7) is 0. The van der Waals surface area contributed by atoms with Crippen LogP contribution in [0.15, 0.2) is 35.4 Å². The van der Waals surface area contributed by atoms with Crippen LogP contribution in [0.4, 0.5) is 0 Å². The molecule has 3 aromatic rings. The molecule has 26 heavy (non-hydrogen) atoms. The van der Waals surface area contributed by atoms with Crippen molar-refractivity contribution in [1.82, 2.24) is 25.3 Å². The molecule has 10 heteroatoms. The van der Waals surface area contributed by atoms with Crippen LogP contribution in [0.25, 0.3) is 16.9 Å². The fourth-order valence-electron chi connectivity index (χ4n) is 3.19. The van der Waals surface area contributed by atoms with Crippen LogP contribution >= 0.6 is 0 Å². The molecule has 0 bridgehead atoms. The number of nitrogens with two attached hydrogens (primary N) is 1. The Balaban J connectivity index is 1.92. The number of hydrogen-bond acceptors (Lipinski definition) is 5. The van der Waals surface area contributed by atoms with Gasteiger partial charge in [0.05, 0.1) is 22.5 Å². The molecule has 0 fully saturated rings. The number of fused-ring (bicyclic) bond motifs is 3. The first-order valence-electron chi connectivity index (χ1n) is 7.90. The first-order chi connectivity index (χ1) is 12.4. The van der Waals surface area contributed by atoms with Crippen molar-refractivity contribution in [3.05, 3.63) is 47.4 Å². The number of primary sulfonamides is 1. The molecule has 0 aliphatic heterocycles. The summed E-state index contributed by atoms with van der Waals surface area (Å²) < 4.78 is 24.6. The smallest absolute Gasteiger partial charge is 0.271 e. The number of nitrogens with one attached hydrogen (secondary N) is 2. The largest absolute Gasteiger partial charge is 0.354 e. The minimum Gasteiger partial charge on any atom is -0.354 e. The number of sulfonamides is 1. The Morgan fingerprint density at radius 2 is 2.00 bits per heavy atom. The van der Waals surface area contributed by atoms with E-state index in [2.05, 4.69) is 20.6 Å². The van der Waals surface area contributed by atoms with E-state index in [0.29, 0.717) is 17.8 Å². The third kappa shape index (κ3) is 2.50. The molecule has 0 atom stereocenters. The zero-order valence-electron chi connectivity index (χ0n) is 13.9. The molecule has 134 valence electrons. The molecule has 0 spiro atoms. The molecule has 1 amide bonds. The number of benzene rings is 1. The average Bonchev–Trinajstić information content (AvgIpc) is 3.24. The van der Waals surface area contributed by atoms with Crippen molar-refractivity contribution in [1.29, 1.82) is 0 Å². The molecule has 2 heterocycles. The fraction of sp³-hybridized carbons (Fsp3) is 0.188. The number of nitrogens with zero attached hydrogens (tertiary/aromatic N) is 3. The van der Waals surface area contributed by atoms with Gasteiger partial charge >= 0.3 is 0 Å². The molecule has 0 unspecified atom stereocenters. The van der Waals surface area contributed by atoms with Gasteiger partial charge in [0.2, 0.25) is 10.0 Å². The summed E-state index contributed by atoms with van der Waals surface area (Å²) in [5.74, 6) is -0.270. The van der Waals surface area contributed by atoms with E-state index in [1.54, 1.807) is 30.1 Å². The Morgan fingerprint density at radius 1 is 1.27 bits per heavy atom. The Morgan fingerprint density at radius 3 is 2.65 bits per heavy atom. The molecule has 2 aromatic heterocycles. The summed E-state index contributed by atoms with van der Waals surface area (Å²) in [4.78, 5) is 12.3. The summed E-state index contributed by atoms with van der Waals surface area (Å²) in [7, 11) is -2.22. The Hall–Kier alpha value is -2.98. The van der Waals surface area contributed by atoms with Crippen LogP contribution in [0.1, 0.15) is 21.7 Å². The second kappa shape index (κ2) is 5.78. The number of H-pyrrole nitrogens is 1. The zero-order valence-corrected chi connectivity index (χ0v) is 14.7. The minimum absolute atomic E-state index is 0.0119. The van der Waals surface area contributed by atoms with Gasteiger partial charge < -0.3 is 5.32 Å².